The number of phenols is 2. The Kier molecular flexibility index (Phi) is 23.3. The van der Waals surface area contributed by atoms with Gasteiger partial charge in [-0.2, -0.15) is 0 Å². The van der Waals surface area contributed by atoms with Gasteiger partial charge in [0.05, 0.1) is 12.1 Å². The minimum atomic E-state index is -0.724. The lowest BCUT2D eigenvalue weighted by atomic mass is 9.85. The molecule has 2 aromatic carbocycles. The fourth-order valence-electron chi connectivity index (χ4n) is 9.63. The van der Waals surface area contributed by atoms with Crippen LogP contribution in [0.1, 0.15) is 144 Å². The standard InChI is InChI=1S/C56H90N8O8/c1-39(57-9)51(69)59-49(55(3,4)5)53(71)63-33-17-19-43(63)37-61(35-31-41-23-27-45(65)28-24-41)47(67)21-15-13-11-12-14-16-22-48(68)62(36-32-42-25-29-46(66)30-26-42)38-44-20-18-34-64(44)54(72)50(56(6,7)8)60-52(70)40(2)58-10/h23-30,39-40,43-44,49-50,57-58,65-66H,11-22,31-38H2,1-10H3,(H,59,69)(H,60,70)/t39-,40-,43-,44-,49+,50+/m0/s1. The summed E-state index contributed by atoms with van der Waals surface area (Å²) in [6, 6.07) is 11.3. The number of unbranched alkanes of at least 4 members (excludes halogenated alkanes) is 5. The monoisotopic (exact) mass is 1000 g/mol. The second-order valence-corrected chi connectivity index (χ2v) is 22.4. The van der Waals surface area contributed by atoms with E-state index in [1.54, 1.807) is 52.2 Å². The molecule has 0 aliphatic carbocycles. The van der Waals surface area contributed by atoms with Crippen molar-refractivity contribution in [3.63, 3.8) is 0 Å². The number of carbonyl (C=O) groups excluding carboxylic acids is 6. The third-order valence-corrected chi connectivity index (χ3v) is 14.6. The fourth-order valence-corrected chi connectivity index (χ4v) is 9.63. The first-order valence-corrected chi connectivity index (χ1v) is 26.7. The number of phenolic OH excluding ortho intramolecular Hbond substituents is 2. The zero-order valence-corrected chi connectivity index (χ0v) is 45.4. The molecule has 4 rings (SSSR count). The lowest BCUT2D eigenvalue weighted by molar-refractivity contribution is -0.142. The number of aromatic hydroxyl groups is 2. The first kappa shape index (κ1) is 59.3. The normalized spacial score (nSPS) is 17.8. The van der Waals surface area contributed by atoms with Crippen LogP contribution in [0.4, 0.5) is 0 Å². The molecular weight excluding hydrogens is 913 g/mol. The number of amides is 6. The van der Waals surface area contributed by atoms with E-state index in [2.05, 4.69) is 21.3 Å². The highest BCUT2D eigenvalue weighted by Gasteiger charge is 2.42. The quantitative estimate of drug-likeness (QED) is 0.0584. The van der Waals surface area contributed by atoms with Crippen molar-refractivity contribution in [3.05, 3.63) is 59.7 Å². The molecule has 6 atom stereocenters. The number of hydrogen-bond acceptors (Lipinski definition) is 10. The van der Waals surface area contributed by atoms with Gasteiger partial charge in [-0.1, -0.05) is 91.5 Å². The lowest BCUT2D eigenvalue weighted by Gasteiger charge is -2.37. The van der Waals surface area contributed by atoms with Crippen molar-refractivity contribution in [2.75, 3.05) is 53.4 Å². The predicted molar refractivity (Wildman–Crippen MR) is 283 cm³/mol. The maximum Gasteiger partial charge on any atom is 0.246 e. The molecule has 6 amide bonds. The minimum absolute atomic E-state index is 0.0409. The Bertz CT molecular complexity index is 1910. The van der Waals surface area contributed by atoms with Gasteiger partial charge in [0.15, 0.2) is 0 Å². The molecule has 0 aromatic heterocycles. The zero-order valence-electron chi connectivity index (χ0n) is 45.4. The maximum atomic E-state index is 14.2. The van der Waals surface area contributed by atoms with Crippen molar-refractivity contribution in [2.45, 2.75) is 182 Å². The Morgan fingerprint density at radius 1 is 0.569 bits per heavy atom. The Balaban J connectivity index is 1.33. The van der Waals surface area contributed by atoms with Crippen LogP contribution in [0, 0.1) is 10.8 Å². The minimum Gasteiger partial charge on any atom is -0.508 e. The molecule has 2 heterocycles. The van der Waals surface area contributed by atoms with Crippen LogP contribution in [0.3, 0.4) is 0 Å². The van der Waals surface area contributed by atoms with E-state index in [1.165, 1.54) is 0 Å². The van der Waals surface area contributed by atoms with E-state index in [1.807, 2.05) is 85.4 Å². The largest absolute Gasteiger partial charge is 0.508 e. The average Bonchev–Trinajstić information content (AvgIpc) is 4.02. The number of nitrogens with zero attached hydrogens (tertiary/aromatic N) is 4. The van der Waals surface area contributed by atoms with Gasteiger partial charge in [-0.15, -0.1) is 0 Å². The number of hydrogen-bond donors (Lipinski definition) is 6. The van der Waals surface area contributed by atoms with Gasteiger partial charge in [0.2, 0.25) is 35.4 Å². The number of likely N-dealkylation sites (N-methyl/N-ethyl adjacent to an activating group) is 2. The zero-order chi connectivity index (χ0) is 53.2. The van der Waals surface area contributed by atoms with Crippen LogP contribution in [0.25, 0.3) is 0 Å². The van der Waals surface area contributed by atoms with Gasteiger partial charge >= 0.3 is 0 Å². The van der Waals surface area contributed by atoms with Crippen molar-refractivity contribution in [3.8, 4) is 11.5 Å². The highest BCUT2D eigenvalue weighted by molar-refractivity contribution is 5.91. The van der Waals surface area contributed by atoms with Gasteiger partial charge in [-0.05, 0) is 126 Å². The van der Waals surface area contributed by atoms with Gasteiger partial charge in [0.25, 0.3) is 0 Å². The Morgan fingerprint density at radius 2 is 0.903 bits per heavy atom. The Morgan fingerprint density at radius 3 is 1.22 bits per heavy atom. The van der Waals surface area contributed by atoms with E-state index >= 15 is 0 Å². The van der Waals surface area contributed by atoms with Crippen LogP contribution in [-0.2, 0) is 41.6 Å². The van der Waals surface area contributed by atoms with E-state index in [-0.39, 0.29) is 59.0 Å². The molecule has 2 aliphatic heterocycles. The average molecular weight is 1000 g/mol. The number of rotatable bonds is 27. The molecule has 2 saturated heterocycles. The van der Waals surface area contributed by atoms with Crippen LogP contribution in [0.15, 0.2) is 48.5 Å². The molecular formula is C56H90N8O8. The molecule has 0 spiro atoms. The van der Waals surface area contributed by atoms with E-state index < -0.39 is 35.0 Å². The van der Waals surface area contributed by atoms with Crippen LogP contribution in [-0.4, -0.2) is 155 Å². The summed E-state index contributed by atoms with van der Waals surface area (Å²) in [4.78, 5) is 89.9. The summed E-state index contributed by atoms with van der Waals surface area (Å²) in [7, 11) is 3.42. The summed E-state index contributed by atoms with van der Waals surface area (Å²) in [6.07, 6.45) is 10.2. The summed E-state index contributed by atoms with van der Waals surface area (Å²) in [6.45, 7) is 18.1. The Labute approximate surface area is 430 Å². The van der Waals surface area contributed by atoms with Crippen LogP contribution >= 0.6 is 0 Å². The third kappa shape index (κ3) is 18.4. The molecule has 2 aromatic rings. The van der Waals surface area contributed by atoms with Gasteiger partial charge in [0.1, 0.15) is 23.6 Å². The molecule has 0 bridgehead atoms. The molecule has 6 N–H and O–H groups in total. The molecule has 402 valence electrons. The Hall–Kier alpha value is -5.22. The molecule has 0 radical (unpaired) electrons. The summed E-state index contributed by atoms with van der Waals surface area (Å²) in [5, 5.41) is 31.6. The van der Waals surface area contributed by atoms with Crippen molar-refractivity contribution < 1.29 is 39.0 Å². The van der Waals surface area contributed by atoms with E-state index in [9.17, 15) is 39.0 Å². The van der Waals surface area contributed by atoms with Gasteiger partial charge in [-0.3, -0.25) is 28.8 Å². The van der Waals surface area contributed by atoms with Crippen LogP contribution in [0.5, 0.6) is 11.5 Å². The summed E-state index contributed by atoms with van der Waals surface area (Å²) < 4.78 is 0. The number of nitrogens with one attached hydrogen (secondary N) is 4. The van der Waals surface area contributed by atoms with Gasteiger partial charge < -0.3 is 51.1 Å². The predicted octanol–water partition coefficient (Wildman–Crippen LogP) is 5.92. The van der Waals surface area contributed by atoms with Crippen LogP contribution in [0.2, 0.25) is 0 Å². The van der Waals surface area contributed by atoms with Gasteiger partial charge in [0, 0.05) is 64.2 Å². The molecule has 16 nitrogen and oxygen atoms in total. The first-order chi connectivity index (χ1) is 34.0. The lowest BCUT2D eigenvalue weighted by Crippen LogP contribution is -2.59. The highest BCUT2D eigenvalue weighted by Crippen LogP contribution is 2.29. The highest BCUT2D eigenvalue weighted by atomic mass is 16.3. The molecule has 72 heavy (non-hydrogen) atoms. The first-order valence-electron chi connectivity index (χ1n) is 26.7. The summed E-state index contributed by atoms with van der Waals surface area (Å²) >= 11 is 0. The number of likely N-dealkylation sites (tertiary alicyclic amines) is 2. The molecule has 0 saturated carbocycles. The topological polar surface area (TPSA) is 204 Å². The second-order valence-electron chi connectivity index (χ2n) is 22.4. The summed E-state index contributed by atoms with van der Waals surface area (Å²) in [5.74, 6) is -0.286. The number of benzene rings is 2. The van der Waals surface area contributed by atoms with Crippen molar-refractivity contribution in [2.24, 2.45) is 10.8 Å². The smallest absolute Gasteiger partial charge is 0.246 e. The van der Waals surface area contributed by atoms with Crippen molar-refractivity contribution >= 4 is 35.4 Å². The molecule has 2 fully saturated rings. The van der Waals surface area contributed by atoms with E-state index in [0.29, 0.717) is 65.0 Å². The molecule has 0 unspecified atom stereocenters. The third-order valence-electron chi connectivity index (χ3n) is 14.6. The fraction of sp³-hybridized carbons (Fsp3) is 0.679. The SMILES string of the molecule is CN[C@@H](C)C(=O)N[C@H](C(=O)N1CCC[C@H]1CN(CCc1ccc(O)cc1)C(=O)CCCCCCCCC(=O)N(CCc1ccc(O)cc1)C[C@@H]1CCCN1C(=O)[C@@H](NC(=O)[C@H](C)NC)C(C)(C)C)C(C)(C)C. The van der Waals surface area contributed by atoms with E-state index in [4.69, 9.17) is 0 Å². The van der Waals surface area contributed by atoms with Gasteiger partial charge in [-0.25, -0.2) is 0 Å². The van der Waals surface area contributed by atoms with Crippen molar-refractivity contribution in [1.29, 1.82) is 0 Å². The second kappa shape index (κ2) is 28.3. The molecule has 16 heteroatoms. The molecule has 2 aliphatic rings. The summed E-state index contributed by atoms with van der Waals surface area (Å²) in [5.41, 5.74) is 0.941. The van der Waals surface area contributed by atoms with Crippen LogP contribution < -0.4 is 21.3 Å². The van der Waals surface area contributed by atoms with E-state index in [0.717, 1.165) is 75.3 Å². The maximum absolute atomic E-state index is 14.2. The number of carbonyl (C=O) groups is 6. The van der Waals surface area contributed by atoms with Crippen molar-refractivity contribution in [1.82, 2.24) is 40.9 Å².